The van der Waals surface area contributed by atoms with E-state index in [2.05, 4.69) is 15.9 Å². The van der Waals surface area contributed by atoms with Crippen LogP contribution in [0.2, 0.25) is 0 Å². The second kappa shape index (κ2) is 5.17. The number of carboxylic acids is 1. The van der Waals surface area contributed by atoms with E-state index in [0.717, 1.165) is 10.0 Å². The molecule has 0 atom stereocenters. The van der Waals surface area contributed by atoms with Crippen molar-refractivity contribution in [1.29, 1.82) is 0 Å². The fourth-order valence-corrected chi connectivity index (χ4v) is 1.27. The first-order valence-electron chi connectivity index (χ1n) is 3.15. The number of carbonyl (C=O) groups is 1. The highest BCUT2D eigenvalue weighted by molar-refractivity contribution is 9.10. The monoisotopic (exact) mass is 250 g/mol. The molecule has 0 saturated carbocycles. The maximum atomic E-state index is 10.3. The number of benzene rings is 1. The molecule has 1 aromatic rings. The van der Waals surface area contributed by atoms with Gasteiger partial charge in [-0.25, -0.2) is 0 Å². The van der Waals surface area contributed by atoms with Crippen molar-refractivity contribution in [2.24, 2.45) is 0 Å². The maximum absolute atomic E-state index is 10.3. The van der Waals surface area contributed by atoms with Gasteiger partial charge in [-0.05, 0) is 17.7 Å². The minimum Gasteiger partial charge on any atom is -0.481 e. The molecule has 0 heterocycles. The van der Waals surface area contributed by atoms with Crippen LogP contribution >= 0.6 is 28.3 Å². The Morgan fingerprint density at radius 3 is 2.67 bits per heavy atom. The number of aliphatic carboxylic acids is 1. The van der Waals surface area contributed by atoms with Crippen LogP contribution in [0.15, 0.2) is 28.7 Å². The number of halogens is 2. The summed E-state index contributed by atoms with van der Waals surface area (Å²) < 4.78 is 0.913. The van der Waals surface area contributed by atoms with E-state index < -0.39 is 5.97 Å². The predicted molar refractivity (Wildman–Crippen MR) is 52.7 cm³/mol. The summed E-state index contributed by atoms with van der Waals surface area (Å²) in [7, 11) is 0. The third-order valence-corrected chi connectivity index (χ3v) is 1.74. The van der Waals surface area contributed by atoms with Gasteiger partial charge >= 0.3 is 5.97 Å². The van der Waals surface area contributed by atoms with Crippen LogP contribution in [0.25, 0.3) is 0 Å². The zero-order chi connectivity index (χ0) is 8.27. The van der Waals surface area contributed by atoms with Crippen LogP contribution in [0.4, 0.5) is 0 Å². The molecule has 66 valence electrons. The second-order valence-corrected chi connectivity index (χ2v) is 3.12. The Morgan fingerprint density at radius 1 is 1.50 bits per heavy atom. The normalized spacial score (nSPS) is 8.75. The largest absolute Gasteiger partial charge is 0.481 e. The molecule has 1 N–H and O–H groups in total. The molecule has 4 heteroatoms. The van der Waals surface area contributed by atoms with Crippen LogP contribution in [0.5, 0.6) is 0 Å². The summed E-state index contributed by atoms with van der Waals surface area (Å²) in [5.41, 5.74) is 0.812. The predicted octanol–water partition coefficient (Wildman–Crippen LogP) is 2.50. The molecule has 0 unspecified atom stereocenters. The number of hydrogen-bond donors (Lipinski definition) is 1. The van der Waals surface area contributed by atoms with Gasteiger partial charge in [-0.15, -0.1) is 12.4 Å². The lowest BCUT2D eigenvalue weighted by molar-refractivity contribution is -0.136. The lowest BCUT2D eigenvalue weighted by atomic mass is 10.2. The SMILES string of the molecule is Cl.O=C(O)Cc1cccc(Br)c1. The molecule has 0 radical (unpaired) electrons. The Bertz CT molecular complexity index is 276. The fourth-order valence-electron chi connectivity index (χ4n) is 0.822. The maximum Gasteiger partial charge on any atom is 0.307 e. The molecule has 0 amide bonds. The molecule has 0 aliphatic heterocycles. The van der Waals surface area contributed by atoms with Crippen molar-refractivity contribution < 1.29 is 9.90 Å². The Kier molecular flexibility index (Phi) is 4.93. The molecule has 2 nitrogen and oxygen atoms in total. The van der Waals surface area contributed by atoms with Gasteiger partial charge in [0.1, 0.15) is 0 Å². The van der Waals surface area contributed by atoms with E-state index in [1.165, 1.54) is 0 Å². The second-order valence-electron chi connectivity index (χ2n) is 2.20. The first-order chi connectivity index (χ1) is 5.18. The molecule has 1 aromatic carbocycles. The van der Waals surface area contributed by atoms with Crippen molar-refractivity contribution in [3.05, 3.63) is 34.3 Å². The van der Waals surface area contributed by atoms with Crippen LogP contribution in [0, 0.1) is 0 Å². The van der Waals surface area contributed by atoms with Gasteiger partial charge in [0.05, 0.1) is 6.42 Å². The Morgan fingerprint density at radius 2 is 2.17 bits per heavy atom. The fraction of sp³-hybridized carbons (Fsp3) is 0.125. The van der Waals surface area contributed by atoms with Gasteiger partial charge in [-0.1, -0.05) is 28.1 Å². The first kappa shape index (κ1) is 11.5. The van der Waals surface area contributed by atoms with Gasteiger partial charge in [0.15, 0.2) is 0 Å². The Balaban J connectivity index is 0.00000121. The third-order valence-electron chi connectivity index (χ3n) is 1.24. The standard InChI is InChI=1S/C8H7BrO2.ClH/c9-7-3-1-2-6(4-7)5-8(10)11;/h1-4H,5H2,(H,10,11);1H. The van der Waals surface area contributed by atoms with E-state index in [9.17, 15) is 4.79 Å². The van der Waals surface area contributed by atoms with Crippen molar-refractivity contribution in [3.63, 3.8) is 0 Å². The van der Waals surface area contributed by atoms with Gasteiger partial charge in [0.2, 0.25) is 0 Å². The molecule has 0 aliphatic rings. The summed E-state index contributed by atoms with van der Waals surface area (Å²) in [6, 6.07) is 7.28. The highest BCUT2D eigenvalue weighted by Gasteiger charge is 1.99. The smallest absolute Gasteiger partial charge is 0.307 e. The lowest BCUT2D eigenvalue weighted by Crippen LogP contribution is -1.99. The zero-order valence-electron chi connectivity index (χ0n) is 6.16. The van der Waals surface area contributed by atoms with Crippen LogP contribution in [0.3, 0.4) is 0 Å². The highest BCUT2D eigenvalue weighted by Crippen LogP contribution is 2.11. The van der Waals surface area contributed by atoms with Crippen molar-refractivity contribution in [1.82, 2.24) is 0 Å². The first-order valence-corrected chi connectivity index (χ1v) is 3.94. The molecule has 0 saturated heterocycles. The molecular formula is C8H8BrClO2. The summed E-state index contributed by atoms with van der Waals surface area (Å²) in [5, 5.41) is 8.44. The number of hydrogen-bond acceptors (Lipinski definition) is 1. The summed E-state index contributed by atoms with van der Waals surface area (Å²) in [6.07, 6.45) is 0.0828. The van der Waals surface area contributed by atoms with Crippen molar-refractivity contribution >= 4 is 34.3 Å². The minimum absolute atomic E-state index is 0. The van der Waals surface area contributed by atoms with E-state index in [1.807, 2.05) is 12.1 Å². The van der Waals surface area contributed by atoms with Crippen molar-refractivity contribution in [3.8, 4) is 0 Å². The van der Waals surface area contributed by atoms with Crippen molar-refractivity contribution in [2.45, 2.75) is 6.42 Å². The highest BCUT2D eigenvalue weighted by atomic mass is 79.9. The van der Waals surface area contributed by atoms with Crippen molar-refractivity contribution in [2.75, 3.05) is 0 Å². The third kappa shape index (κ3) is 3.74. The quantitative estimate of drug-likeness (QED) is 0.877. The van der Waals surface area contributed by atoms with Gasteiger partial charge in [0, 0.05) is 4.47 Å². The van der Waals surface area contributed by atoms with Gasteiger partial charge in [-0.2, -0.15) is 0 Å². The van der Waals surface area contributed by atoms with Gasteiger partial charge in [0.25, 0.3) is 0 Å². The molecule has 0 bridgehead atoms. The number of carboxylic acid groups (broad SMARTS) is 1. The molecular weight excluding hydrogens is 243 g/mol. The molecule has 0 fully saturated rings. The molecule has 1 rings (SSSR count). The Hall–Kier alpha value is -0.540. The Labute approximate surface area is 85.1 Å². The van der Waals surface area contributed by atoms with Crippen LogP contribution < -0.4 is 0 Å². The number of rotatable bonds is 2. The summed E-state index contributed by atoms with van der Waals surface area (Å²) in [6.45, 7) is 0. The van der Waals surface area contributed by atoms with E-state index in [4.69, 9.17) is 5.11 Å². The minimum atomic E-state index is -0.803. The van der Waals surface area contributed by atoms with Gasteiger partial charge in [-0.3, -0.25) is 4.79 Å². The van der Waals surface area contributed by atoms with E-state index >= 15 is 0 Å². The molecule has 0 spiro atoms. The summed E-state index contributed by atoms with van der Waals surface area (Å²) in [5.74, 6) is -0.803. The van der Waals surface area contributed by atoms with Crippen LogP contribution in [-0.2, 0) is 11.2 Å². The van der Waals surface area contributed by atoms with Crippen LogP contribution in [0.1, 0.15) is 5.56 Å². The van der Waals surface area contributed by atoms with E-state index in [-0.39, 0.29) is 18.8 Å². The molecule has 12 heavy (non-hydrogen) atoms. The molecule has 0 aromatic heterocycles. The average Bonchev–Trinajstić information content (AvgIpc) is 1.85. The lowest BCUT2D eigenvalue weighted by Gasteiger charge is -1.95. The average molecular weight is 252 g/mol. The van der Waals surface area contributed by atoms with E-state index in [1.54, 1.807) is 12.1 Å². The zero-order valence-corrected chi connectivity index (χ0v) is 8.56. The van der Waals surface area contributed by atoms with Crippen LogP contribution in [-0.4, -0.2) is 11.1 Å². The summed E-state index contributed by atoms with van der Waals surface area (Å²) >= 11 is 3.26. The van der Waals surface area contributed by atoms with E-state index in [0.29, 0.717) is 0 Å². The molecule has 0 aliphatic carbocycles. The van der Waals surface area contributed by atoms with Gasteiger partial charge < -0.3 is 5.11 Å². The topological polar surface area (TPSA) is 37.3 Å². The summed E-state index contributed by atoms with van der Waals surface area (Å²) in [4.78, 5) is 10.3.